The summed E-state index contributed by atoms with van der Waals surface area (Å²) in [6.45, 7) is 1.89. The van der Waals surface area contributed by atoms with Crippen LogP contribution in [0, 0.1) is 12.7 Å². The molecule has 1 heterocycles. The topological polar surface area (TPSA) is 66.4 Å². The van der Waals surface area contributed by atoms with E-state index in [4.69, 9.17) is 5.11 Å². The van der Waals surface area contributed by atoms with Crippen molar-refractivity contribution in [1.29, 1.82) is 0 Å². The van der Waals surface area contributed by atoms with Crippen LogP contribution >= 0.6 is 11.3 Å². The van der Waals surface area contributed by atoms with Crippen LogP contribution in [0.3, 0.4) is 0 Å². The maximum Gasteiger partial charge on any atom is 0.328 e. The summed E-state index contributed by atoms with van der Waals surface area (Å²) in [5, 5.41) is 11.1. The Balaban J connectivity index is 2.13. The van der Waals surface area contributed by atoms with Gasteiger partial charge in [0.1, 0.15) is 5.82 Å². The minimum absolute atomic E-state index is 0.141. The van der Waals surface area contributed by atoms with Gasteiger partial charge in [0, 0.05) is 22.2 Å². The average Bonchev–Trinajstić information content (AvgIpc) is 2.84. The highest BCUT2D eigenvalue weighted by Crippen LogP contribution is 2.19. The molecule has 0 atom stereocenters. The number of hydrogen-bond acceptors (Lipinski definition) is 3. The van der Waals surface area contributed by atoms with Gasteiger partial charge in [0.05, 0.1) is 4.88 Å². The summed E-state index contributed by atoms with van der Waals surface area (Å²) >= 11 is 1.35. The summed E-state index contributed by atoms with van der Waals surface area (Å²) in [5.74, 6) is -2.06. The Labute approximate surface area is 124 Å². The Kier molecular flexibility index (Phi) is 4.49. The number of nitrogens with one attached hydrogen (secondary N) is 1. The molecule has 0 aliphatic rings. The second-order valence-electron chi connectivity index (χ2n) is 4.27. The first-order valence-electron chi connectivity index (χ1n) is 6.04. The summed E-state index contributed by atoms with van der Waals surface area (Å²) in [6.07, 6.45) is 2.01. The molecule has 0 saturated carbocycles. The Morgan fingerprint density at radius 1 is 1.29 bits per heavy atom. The summed E-state index contributed by atoms with van der Waals surface area (Å²) in [7, 11) is 0. The van der Waals surface area contributed by atoms with Crippen LogP contribution in [0.2, 0.25) is 0 Å². The van der Waals surface area contributed by atoms with Crippen LogP contribution in [0.1, 0.15) is 20.1 Å². The molecule has 1 aromatic heterocycles. The van der Waals surface area contributed by atoms with Gasteiger partial charge in [0.25, 0.3) is 5.91 Å². The summed E-state index contributed by atoms with van der Waals surface area (Å²) in [4.78, 5) is 23.9. The summed E-state index contributed by atoms with van der Waals surface area (Å²) in [6, 6.07) is 7.61. The van der Waals surface area contributed by atoms with Gasteiger partial charge in [-0.2, -0.15) is 0 Å². The van der Waals surface area contributed by atoms with Crippen molar-refractivity contribution in [2.24, 2.45) is 0 Å². The number of rotatable bonds is 4. The molecular formula is C15H12FNO3S. The second-order valence-corrected chi connectivity index (χ2v) is 5.56. The van der Waals surface area contributed by atoms with E-state index in [0.717, 1.165) is 23.1 Å². The lowest BCUT2D eigenvalue weighted by molar-refractivity contribution is -0.131. The molecule has 108 valence electrons. The van der Waals surface area contributed by atoms with Crippen molar-refractivity contribution in [3.05, 3.63) is 57.5 Å². The third-order valence-corrected chi connectivity index (χ3v) is 3.63. The quantitative estimate of drug-likeness (QED) is 0.849. The molecule has 0 aliphatic heterocycles. The fraction of sp³-hybridized carbons (Fsp3) is 0.0667. The van der Waals surface area contributed by atoms with E-state index in [0.29, 0.717) is 10.6 Å². The Morgan fingerprint density at radius 3 is 2.62 bits per heavy atom. The van der Waals surface area contributed by atoms with Gasteiger partial charge in [0.15, 0.2) is 0 Å². The molecule has 0 saturated heterocycles. The van der Waals surface area contributed by atoms with Gasteiger partial charge in [-0.3, -0.25) is 4.79 Å². The summed E-state index contributed by atoms with van der Waals surface area (Å²) in [5.41, 5.74) is 0.457. The molecule has 0 fully saturated rings. The fourth-order valence-corrected chi connectivity index (χ4v) is 2.41. The number of carboxylic acids is 1. The predicted molar refractivity (Wildman–Crippen MR) is 80.1 cm³/mol. The number of carbonyl (C=O) groups is 2. The Bertz CT molecular complexity index is 721. The van der Waals surface area contributed by atoms with Crippen molar-refractivity contribution in [3.63, 3.8) is 0 Å². The van der Waals surface area contributed by atoms with E-state index in [1.54, 1.807) is 6.07 Å². The first-order chi connectivity index (χ1) is 9.95. The van der Waals surface area contributed by atoms with Crippen LogP contribution in [0.25, 0.3) is 6.08 Å². The van der Waals surface area contributed by atoms with E-state index in [9.17, 15) is 14.0 Å². The highest BCUT2D eigenvalue weighted by Gasteiger charge is 2.09. The lowest BCUT2D eigenvalue weighted by Crippen LogP contribution is -2.10. The number of thiophene rings is 1. The zero-order chi connectivity index (χ0) is 15.4. The molecule has 0 bridgehead atoms. The van der Waals surface area contributed by atoms with Crippen molar-refractivity contribution in [2.75, 3.05) is 5.32 Å². The van der Waals surface area contributed by atoms with Gasteiger partial charge in [0.2, 0.25) is 0 Å². The molecule has 1 amide bonds. The number of aliphatic carboxylic acids is 1. The highest BCUT2D eigenvalue weighted by atomic mass is 32.1. The minimum atomic E-state index is -1.15. The molecule has 0 aliphatic carbocycles. The van der Waals surface area contributed by atoms with Gasteiger partial charge in [-0.15, -0.1) is 11.3 Å². The van der Waals surface area contributed by atoms with E-state index in [1.807, 2.05) is 13.0 Å². The lowest BCUT2D eigenvalue weighted by atomic mass is 10.1. The number of benzene rings is 1. The van der Waals surface area contributed by atoms with Crippen molar-refractivity contribution in [1.82, 2.24) is 0 Å². The van der Waals surface area contributed by atoms with Crippen molar-refractivity contribution >= 4 is 35.0 Å². The number of hydrogen-bond donors (Lipinski definition) is 2. The van der Waals surface area contributed by atoms with Gasteiger partial charge in [-0.25, -0.2) is 9.18 Å². The molecule has 4 nitrogen and oxygen atoms in total. The molecule has 0 unspecified atom stereocenters. The highest BCUT2D eigenvalue weighted by molar-refractivity contribution is 7.14. The number of carbonyl (C=O) groups excluding carboxylic acids is 1. The van der Waals surface area contributed by atoms with Crippen LogP contribution in [0.5, 0.6) is 0 Å². The normalized spacial score (nSPS) is 10.8. The van der Waals surface area contributed by atoms with E-state index in [2.05, 4.69) is 5.32 Å². The number of aryl methyl sites for hydroxylation is 1. The average molecular weight is 305 g/mol. The predicted octanol–water partition coefficient (Wildman–Crippen LogP) is 3.55. The standard InChI is InChI=1S/C15H12FNO3S/c1-9-2-6-13(21-9)15(20)17-11-5-3-10(12(16)8-11)4-7-14(18)19/h2-8H,1H3,(H,17,20)(H,18,19). The van der Waals surface area contributed by atoms with Crippen LogP contribution < -0.4 is 5.32 Å². The molecule has 1 aromatic carbocycles. The smallest absolute Gasteiger partial charge is 0.328 e. The maximum absolute atomic E-state index is 13.8. The van der Waals surface area contributed by atoms with E-state index >= 15 is 0 Å². The fourth-order valence-electron chi connectivity index (χ4n) is 1.65. The molecule has 0 spiro atoms. The third kappa shape index (κ3) is 4.00. The van der Waals surface area contributed by atoms with E-state index < -0.39 is 11.8 Å². The molecular weight excluding hydrogens is 293 g/mol. The first-order valence-corrected chi connectivity index (χ1v) is 6.85. The number of anilines is 1. The van der Waals surface area contributed by atoms with Gasteiger partial charge in [-0.05, 0) is 43.3 Å². The van der Waals surface area contributed by atoms with Gasteiger partial charge in [-0.1, -0.05) is 0 Å². The molecule has 2 rings (SSSR count). The van der Waals surface area contributed by atoms with Crippen LogP contribution in [-0.4, -0.2) is 17.0 Å². The Hall–Kier alpha value is -2.47. The van der Waals surface area contributed by atoms with Crippen LogP contribution in [-0.2, 0) is 4.79 Å². The van der Waals surface area contributed by atoms with Gasteiger partial charge >= 0.3 is 5.97 Å². The van der Waals surface area contributed by atoms with E-state index in [-0.39, 0.29) is 11.5 Å². The molecule has 0 radical (unpaired) electrons. The summed E-state index contributed by atoms with van der Waals surface area (Å²) < 4.78 is 13.8. The lowest BCUT2D eigenvalue weighted by Gasteiger charge is -2.05. The molecule has 6 heteroatoms. The number of amides is 1. The largest absolute Gasteiger partial charge is 0.478 e. The van der Waals surface area contributed by atoms with Gasteiger partial charge < -0.3 is 10.4 Å². The first kappa shape index (κ1) is 14.9. The molecule has 2 aromatic rings. The minimum Gasteiger partial charge on any atom is -0.478 e. The Morgan fingerprint density at radius 2 is 2.05 bits per heavy atom. The SMILES string of the molecule is Cc1ccc(C(=O)Nc2ccc(C=CC(=O)O)c(F)c2)s1. The van der Waals surface area contributed by atoms with Crippen LogP contribution in [0.4, 0.5) is 10.1 Å². The van der Waals surface area contributed by atoms with Crippen molar-refractivity contribution in [2.45, 2.75) is 6.92 Å². The number of carboxylic acid groups (broad SMARTS) is 1. The third-order valence-electron chi connectivity index (χ3n) is 2.63. The second kappa shape index (κ2) is 6.32. The molecule has 21 heavy (non-hydrogen) atoms. The zero-order valence-corrected chi connectivity index (χ0v) is 11.9. The van der Waals surface area contributed by atoms with Crippen LogP contribution in [0.15, 0.2) is 36.4 Å². The van der Waals surface area contributed by atoms with Crippen molar-refractivity contribution < 1.29 is 19.1 Å². The monoisotopic (exact) mass is 305 g/mol. The zero-order valence-electron chi connectivity index (χ0n) is 11.1. The number of halogens is 1. The van der Waals surface area contributed by atoms with E-state index in [1.165, 1.54) is 23.5 Å². The van der Waals surface area contributed by atoms with Crippen molar-refractivity contribution in [3.8, 4) is 0 Å². The maximum atomic E-state index is 13.8. The molecule has 2 N–H and O–H groups in total.